The van der Waals surface area contributed by atoms with Crippen LogP contribution >= 0.6 is 0 Å². The summed E-state index contributed by atoms with van der Waals surface area (Å²) in [5, 5.41) is 0.885. The van der Waals surface area contributed by atoms with Crippen LogP contribution in [0.3, 0.4) is 0 Å². The lowest BCUT2D eigenvalue weighted by Crippen LogP contribution is -2.38. The maximum atomic E-state index is 13.6. The Kier molecular flexibility index (Phi) is 5.42. The number of amides is 1. The molecular weight excluding hydrogens is 419 g/mol. The Bertz CT molecular complexity index is 1330. The van der Waals surface area contributed by atoms with E-state index in [-0.39, 0.29) is 11.7 Å². The predicted molar refractivity (Wildman–Crippen MR) is 125 cm³/mol. The van der Waals surface area contributed by atoms with Gasteiger partial charge in [-0.25, -0.2) is 9.37 Å². The smallest absolute Gasteiger partial charge is 0.273 e. The van der Waals surface area contributed by atoms with Gasteiger partial charge in [0.15, 0.2) is 0 Å². The summed E-state index contributed by atoms with van der Waals surface area (Å²) in [5.74, 6) is 1.08. The molecule has 1 amide bonds. The highest BCUT2D eigenvalue weighted by molar-refractivity contribution is 6.05. The van der Waals surface area contributed by atoms with Crippen molar-refractivity contribution in [1.29, 1.82) is 0 Å². The zero-order valence-electron chi connectivity index (χ0n) is 18.5. The quantitative estimate of drug-likeness (QED) is 0.423. The first-order valence-corrected chi connectivity index (χ1v) is 10.8. The Hall–Kier alpha value is -3.93. The number of carbonyl (C=O) groups is 1. The molecule has 0 atom stereocenters. The molecule has 0 saturated heterocycles. The summed E-state index contributed by atoms with van der Waals surface area (Å²) < 4.78 is 24.3. The molecule has 1 aliphatic heterocycles. The first kappa shape index (κ1) is 20.9. The maximum absolute atomic E-state index is 13.6. The molecule has 5 nitrogen and oxygen atoms in total. The lowest BCUT2D eigenvalue weighted by atomic mass is 9.90. The highest BCUT2D eigenvalue weighted by Gasteiger charge is 2.29. The summed E-state index contributed by atoms with van der Waals surface area (Å²) in [5.41, 5.74) is 4.83. The van der Waals surface area contributed by atoms with Crippen molar-refractivity contribution in [2.24, 2.45) is 0 Å². The van der Waals surface area contributed by atoms with Gasteiger partial charge in [0.05, 0.1) is 19.7 Å². The van der Waals surface area contributed by atoms with E-state index < -0.39 is 0 Å². The van der Waals surface area contributed by atoms with E-state index in [9.17, 15) is 9.18 Å². The Labute approximate surface area is 191 Å². The molecule has 0 fully saturated rings. The second-order valence-corrected chi connectivity index (χ2v) is 8.03. The second-order valence-electron chi connectivity index (χ2n) is 8.03. The molecule has 0 aliphatic carbocycles. The Morgan fingerprint density at radius 2 is 1.64 bits per heavy atom. The van der Waals surface area contributed by atoms with Crippen molar-refractivity contribution in [2.75, 3.05) is 20.8 Å². The standard InChI is InChI=1S/C27H23FN2O3/c1-32-20-9-3-17(4-10-20)16-30-14-13-22-25(18-5-7-19(28)8-6-18)23-15-21(33-2)11-12-24(23)29-26(22)27(30)31/h3-12,15H,13-14,16H2,1-2H3. The van der Waals surface area contributed by atoms with Crippen LogP contribution in [0.2, 0.25) is 0 Å². The van der Waals surface area contributed by atoms with E-state index in [1.165, 1.54) is 12.1 Å². The fourth-order valence-corrected chi connectivity index (χ4v) is 4.38. The van der Waals surface area contributed by atoms with Crippen LogP contribution in [0.1, 0.15) is 21.6 Å². The highest BCUT2D eigenvalue weighted by atomic mass is 19.1. The second kappa shape index (κ2) is 8.54. The summed E-state index contributed by atoms with van der Waals surface area (Å²) in [7, 11) is 3.25. The molecule has 0 radical (unpaired) electrons. The van der Waals surface area contributed by atoms with Crippen LogP contribution in [-0.4, -0.2) is 36.6 Å². The van der Waals surface area contributed by atoms with Gasteiger partial charge in [-0.15, -0.1) is 0 Å². The zero-order chi connectivity index (χ0) is 22.9. The molecule has 6 heteroatoms. The average molecular weight is 442 g/mol. The third-order valence-electron chi connectivity index (χ3n) is 6.08. The molecule has 3 aromatic carbocycles. The predicted octanol–water partition coefficient (Wildman–Crippen LogP) is 5.26. The number of rotatable bonds is 5. The monoisotopic (exact) mass is 442 g/mol. The minimum absolute atomic E-state index is 0.104. The Morgan fingerprint density at radius 3 is 2.33 bits per heavy atom. The number of pyridine rings is 1. The molecule has 2 heterocycles. The summed E-state index contributed by atoms with van der Waals surface area (Å²) >= 11 is 0. The van der Waals surface area contributed by atoms with E-state index in [1.54, 1.807) is 26.4 Å². The van der Waals surface area contributed by atoms with Crippen molar-refractivity contribution in [2.45, 2.75) is 13.0 Å². The number of methoxy groups -OCH3 is 2. The van der Waals surface area contributed by atoms with Gasteiger partial charge < -0.3 is 14.4 Å². The van der Waals surface area contributed by atoms with Crippen LogP contribution in [-0.2, 0) is 13.0 Å². The molecule has 1 aliphatic rings. The molecule has 4 aromatic rings. The van der Waals surface area contributed by atoms with Gasteiger partial charge in [0.2, 0.25) is 0 Å². The van der Waals surface area contributed by atoms with Crippen LogP contribution in [0.5, 0.6) is 11.5 Å². The average Bonchev–Trinajstić information content (AvgIpc) is 2.85. The van der Waals surface area contributed by atoms with Gasteiger partial charge in [-0.3, -0.25) is 4.79 Å². The molecule has 0 N–H and O–H groups in total. The molecule has 0 bridgehead atoms. The normalized spacial score (nSPS) is 13.2. The maximum Gasteiger partial charge on any atom is 0.273 e. The van der Waals surface area contributed by atoms with E-state index in [0.29, 0.717) is 36.5 Å². The van der Waals surface area contributed by atoms with Gasteiger partial charge in [-0.05, 0) is 71.1 Å². The first-order chi connectivity index (χ1) is 16.1. The van der Waals surface area contributed by atoms with E-state index in [2.05, 4.69) is 0 Å². The SMILES string of the molecule is COc1ccc(CN2CCc3c(nc4ccc(OC)cc4c3-c3ccc(F)cc3)C2=O)cc1. The Balaban J connectivity index is 1.60. The molecule has 1 aromatic heterocycles. The number of ether oxygens (including phenoxy) is 2. The summed E-state index contributed by atoms with van der Waals surface area (Å²) in [6.45, 7) is 1.07. The molecule has 0 unspecified atom stereocenters. The lowest BCUT2D eigenvalue weighted by Gasteiger charge is -2.30. The van der Waals surface area contributed by atoms with Crippen molar-refractivity contribution in [3.05, 3.63) is 89.4 Å². The van der Waals surface area contributed by atoms with Crippen molar-refractivity contribution in [3.63, 3.8) is 0 Å². The number of carbonyl (C=O) groups excluding carboxylic acids is 1. The minimum Gasteiger partial charge on any atom is -0.497 e. The fraction of sp³-hybridized carbons (Fsp3) is 0.185. The molecule has 0 saturated carbocycles. The van der Waals surface area contributed by atoms with Crippen molar-refractivity contribution in [3.8, 4) is 22.6 Å². The molecule has 0 spiro atoms. The Morgan fingerprint density at radius 1 is 0.939 bits per heavy atom. The van der Waals surface area contributed by atoms with E-state index in [1.807, 2.05) is 47.4 Å². The van der Waals surface area contributed by atoms with Gasteiger partial charge >= 0.3 is 0 Å². The number of aromatic nitrogens is 1. The molecule has 33 heavy (non-hydrogen) atoms. The molecule has 5 rings (SSSR count). The van der Waals surface area contributed by atoms with E-state index >= 15 is 0 Å². The van der Waals surface area contributed by atoms with Crippen molar-refractivity contribution in [1.82, 2.24) is 9.88 Å². The highest BCUT2D eigenvalue weighted by Crippen LogP contribution is 2.37. The van der Waals surface area contributed by atoms with Crippen LogP contribution in [0.25, 0.3) is 22.0 Å². The number of halogens is 1. The van der Waals surface area contributed by atoms with Crippen LogP contribution in [0.15, 0.2) is 66.7 Å². The van der Waals surface area contributed by atoms with Gasteiger partial charge in [0, 0.05) is 18.5 Å². The van der Waals surface area contributed by atoms with Crippen LogP contribution in [0, 0.1) is 5.82 Å². The van der Waals surface area contributed by atoms with Gasteiger partial charge in [-0.1, -0.05) is 24.3 Å². The number of nitrogens with zero attached hydrogens (tertiary/aromatic N) is 2. The number of hydrogen-bond acceptors (Lipinski definition) is 4. The third-order valence-corrected chi connectivity index (χ3v) is 6.08. The molecule has 166 valence electrons. The zero-order valence-corrected chi connectivity index (χ0v) is 18.5. The topological polar surface area (TPSA) is 51.7 Å². The number of fused-ring (bicyclic) bond motifs is 2. The fourth-order valence-electron chi connectivity index (χ4n) is 4.38. The van der Waals surface area contributed by atoms with Gasteiger partial charge in [-0.2, -0.15) is 0 Å². The first-order valence-electron chi connectivity index (χ1n) is 10.8. The van der Waals surface area contributed by atoms with E-state index in [4.69, 9.17) is 14.5 Å². The van der Waals surface area contributed by atoms with Crippen LogP contribution in [0.4, 0.5) is 4.39 Å². The largest absolute Gasteiger partial charge is 0.497 e. The summed E-state index contributed by atoms with van der Waals surface area (Å²) in [6, 6.07) is 19.7. The van der Waals surface area contributed by atoms with E-state index in [0.717, 1.165) is 33.4 Å². The van der Waals surface area contributed by atoms with Gasteiger partial charge in [0.25, 0.3) is 5.91 Å². The van der Waals surface area contributed by atoms with Crippen LogP contribution < -0.4 is 9.47 Å². The van der Waals surface area contributed by atoms with Crippen molar-refractivity contribution >= 4 is 16.8 Å². The minimum atomic E-state index is -0.301. The third kappa shape index (κ3) is 3.89. The lowest BCUT2D eigenvalue weighted by molar-refractivity contribution is 0.0721. The molecular formula is C27H23FN2O3. The van der Waals surface area contributed by atoms with Gasteiger partial charge in [0.1, 0.15) is 23.0 Å². The number of hydrogen-bond donors (Lipinski definition) is 0. The number of benzene rings is 3. The summed E-state index contributed by atoms with van der Waals surface area (Å²) in [4.78, 5) is 20.1. The van der Waals surface area contributed by atoms with Crippen molar-refractivity contribution < 1.29 is 18.7 Å². The summed E-state index contributed by atoms with van der Waals surface area (Å²) in [6.07, 6.45) is 0.657.